The first-order valence-corrected chi connectivity index (χ1v) is 7.83. The summed E-state index contributed by atoms with van der Waals surface area (Å²) >= 11 is 5.10. The van der Waals surface area contributed by atoms with Crippen LogP contribution in [0.2, 0.25) is 0 Å². The summed E-state index contributed by atoms with van der Waals surface area (Å²) in [7, 11) is 0. The molecule has 1 aliphatic heterocycles. The van der Waals surface area contributed by atoms with E-state index in [1.807, 2.05) is 20.8 Å². The number of hydrogen-bond donors (Lipinski definition) is 2. The second-order valence-corrected chi connectivity index (χ2v) is 6.77. The Labute approximate surface area is 143 Å². The van der Waals surface area contributed by atoms with Gasteiger partial charge in [0.25, 0.3) is 0 Å². The third-order valence-corrected chi connectivity index (χ3v) is 3.26. The van der Waals surface area contributed by atoms with Crippen LogP contribution < -0.4 is 15.5 Å². The standard InChI is InChI=1S/C14H20F3N5OS/c1-13(2,3)21-12(24)20-11-18-9(14(15,16)17)8-10(19-11)22-4-6-23-7-5-22/h8H,4-7H2,1-3H3,(H2,18,19,20,21,24). The Bertz CT molecular complexity index is 597. The van der Waals surface area contributed by atoms with Crippen molar-refractivity contribution in [3.8, 4) is 0 Å². The molecule has 134 valence electrons. The van der Waals surface area contributed by atoms with Crippen molar-refractivity contribution in [1.82, 2.24) is 15.3 Å². The molecular weight excluding hydrogens is 343 g/mol. The van der Waals surface area contributed by atoms with Crippen molar-refractivity contribution in [1.29, 1.82) is 0 Å². The zero-order valence-corrected chi connectivity index (χ0v) is 14.5. The van der Waals surface area contributed by atoms with Crippen molar-refractivity contribution in [3.63, 3.8) is 0 Å². The van der Waals surface area contributed by atoms with Crippen LogP contribution >= 0.6 is 12.2 Å². The second-order valence-electron chi connectivity index (χ2n) is 6.36. The van der Waals surface area contributed by atoms with Gasteiger partial charge in [0, 0.05) is 24.7 Å². The normalized spacial score (nSPS) is 16.0. The molecule has 1 aromatic heterocycles. The van der Waals surface area contributed by atoms with E-state index in [2.05, 4.69) is 20.6 Å². The summed E-state index contributed by atoms with van der Waals surface area (Å²) in [5.74, 6) is 0.00903. The summed E-state index contributed by atoms with van der Waals surface area (Å²) in [6, 6.07) is 0.941. The SMILES string of the molecule is CC(C)(C)NC(=S)Nc1nc(N2CCOCC2)cc(C(F)(F)F)n1. The zero-order valence-electron chi connectivity index (χ0n) is 13.7. The molecule has 0 amide bonds. The van der Waals surface area contributed by atoms with Crippen LogP contribution in [0.3, 0.4) is 0 Å². The largest absolute Gasteiger partial charge is 0.433 e. The molecule has 2 rings (SSSR count). The van der Waals surface area contributed by atoms with Crippen LogP contribution in [0.25, 0.3) is 0 Å². The van der Waals surface area contributed by atoms with Gasteiger partial charge < -0.3 is 20.3 Å². The number of anilines is 2. The van der Waals surface area contributed by atoms with Crippen LogP contribution in [0.15, 0.2) is 6.07 Å². The summed E-state index contributed by atoms with van der Waals surface area (Å²) in [4.78, 5) is 9.43. The number of halogens is 3. The maximum absolute atomic E-state index is 13.1. The van der Waals surface area contributed by atoms with Gasteiger partial charge in [-0.1, -0.05) is 0 Å². The van der Waals surface area contributed by atoms with Gasteiger partial charge in [-0.25, -0.2) is 4.98 Å². The lowest BCUT2D eigenvalue weighted by Crippen LogP contribution is -2.43. The van der Waals surface area contributed by atoms with Crippen LogP contribution in [-0.4, -0.2) is 46.9 Å². The van der Waals surface area contributed by atoms with Crippen LogP contribution in [0.1, 0.15) is 26.5 Å². The molecule has 0 unspecified atom stereocenters. The molecule has 2 heterocycles. The molecule has 0 saturated carbocycles. The summed E-state index contributed by atoms with van der Waals surface area (Å²) in [6.45, 7) is 7.47. The lowest BCUT2D eigenvalue weighted by Gasteiger charge is -2.28. The number of nitrogens with one attached hydrogen (secondary N) is 2. The van der Waals surface area contributed by atoms with Gasteiger partial charge in [-0.15, -0.1) is 0 Å². The molecular formula is C14H20F3N5OS. The van der Waals surface area contributed by atoms with Crippen molar-refractivity contribution in [2.75, 3.05) is 36.5 Å². The first kappa shape index (κ1) is 18.7. The number of morpholine rings is 1. The molecule has 10 heteroatoms. The van der Waals surface area contributed by atoms with Crippen LogP contribution in [0.4, 0.5) is 24.9 Å². The quantitative estimate of drug-likeness (QED) is 0.783. The second kappa shape index (κ2) is 7.06. The Hall–Kier alpha value is -1.68. The number of thiocarbonyl (C=S) groups is 1. The molecule has 1 saturated heterocycles. The molecule has 0 aliphatic carbocycles. The summed E-state index contributed by atoms with van der Waals surface area (Å²) < 4.78 is 44.6. The van der Waals surface area contributed by atoms with E-state index in [9.17, 15) is 13.2 Å². The molecule has 24 heavy (non-hydrogen) atoms. The summed E-state index contributed by atoms with van der Waals surface area (Å²) in [5, 5.41) is 5.74. The fourth-order valence-electron chi connectivity index (χ4n) is 2.06. The third kappa shape index (κ3) is 5.45. The molecule has 0 spiro atoms. The molecule has 6 nitrogen and oxygen atoms in total. The minimum atomic E-state index is -4.57. The van der Waals surface area contributed by atoms with Crippen molar-refractivity contribution in [3.05, 3.63) is 11.8 Å². The Morgan fingerprint density at radius 2 is 1.83 bits per heavy atom. The fraction of sp³-hybridized carbons (Fsp3) is 0.643. The van der Waals surface area contributed by atoms with Crippen LogP contribution in [-0.2, 0) is 10.9 Å². The monoisotopic (exact) mass is 363 g/mol. The Morgan fingerprint density at radius 3 is 2.38 bits per heavy atom. The van der Waals surface area contributed by atoms with Crippen LogP contribution in [0, 0.1) is 0 Å². The lowest BCUT2D eigenvalue weighted by atomic mass is 10.1. The van der Waals surface area contributed by atoms with Crippen molar-refractivity contribution in [2.24, 2.45) is 0 Å². The highest BCUT2D eigenvalue weighted by Crippen LogP contribution is 2.30. The molecule has 0 atom stereocenters. The average molecular weight is 363 g/mol. The highest BCUT2D eigenvalue weighted by atomic mass is 32.1. The summed E-state index contributed by atoms with van der Waals surface area (Å²) in [6.07, 6.45) is -4.57. The maximum Gasteiger partial charge on any atom is 0.433 e. The van der Waals surface area contributed by atoms with E-state index in [1.54, 1.807) is 4.90 Å². The average Bonchev–Trinajstić information content (AvgIpc) is 2.45. The highest BCUT2D eigenvalue weighted by molar-refractivity contribution is 7.80. The van der Waals surface area contributed by atoms with E-state index in [0.717, 1.165) is 6.07 Å². The van der Waals surface area contributed by atoms with E-state index < -0.39 is 11.9 Å². The molecule has 2 N–H and O–H groups in total. The third-order valence-electron chi connectivity index (χ3n) is 3.05. The molecule has 0 bridgehead atoms. The topological polar surface area (TPSA) is 62.3 Å². The minimum absolute atomic E-state index is 0.162. The predicted molar refractivity (Wildman–Crippen MR) is 89.2 cm³/mol. The Kier molecular flexibility index (Phi) is 5.49. The smallest absolute Gasteiger partial charge is 0.378 e. The van der Waals surface area contributed by atoms with Gasteiger partial charge in [0.1, 0.15) is 5.82 Å². The first-order chi connectivity index (χ1) is 11.0. The van der Waals surface area contributed by atoms with E-state index >= 15 is 0 Å². The number of nitrogens with zero attached hydrogens (tertiary/aromatic N) is 3. The number of hydrogen-bond acceptors (Lipinski definition) is 5. The van der Waals surface area contributed by atoms with Gasteiger partial charge >= 0.3 is 6.18 Å². The molecule has 0 radical (unpaired) electrons. The van der Waals surface area contributed by atoms with Crippen LogP contribution in [0.5, 0.6) is 0 Å². The van der Waals surface area contributed by atoms with Crippen molar-refractivity contribution in [2.45, 2.75) is 32.5 Å². The van der Waals surface area contributed by atoms with E-state index in [-0.39, 0.29) is 22.4 Å². The molecule has 0 aromatic carbocycles. The minimum Gasteiger partial charge on any atom is -0.378 e. The predicted octanol–water partition coefficient (Wildman–Crippen LogP) is 2.42. The van der Waals surface area contributed by atoms with E-state index in [4.69, 9.17) is 17.0 Å². The van der Waals surface area contributed by atoms with Gasteiger partial charge in [0.15, 0.2) is 10.8 Å². The number of ether oxygens (including phenoxy) is 1. The molecule has 1 aromatic rings. The van der Waals surface area contributed by atoms with Gasteiger partial charge in [-0.2, -0.15) is 18.2 Å². The Morgan fingerprint density at radius 1 is 1.21 bits per heavy atom. The highest BCUT2D eigenvalue weighted by Gasteiger charge is 2.34. The van der Waals surface area contributed by atoms with E-state index in [1.165, 1.54) is 0 Å². The van der Waals surface area contributed by atoms with Crippen molar-refractivity contribution >= 4 is 29.1 Å². The molecule has 1 aliphatic rings. The lowest BCUT2D eigenvalue weighted by molar-refractivity contribution is -0.141. The van der Waals surface area contributed by atoms with Gasteiger partial charge in [0.2, 0.25) is 5.95 Å². The maximum atomic E-state index is 13.1. The fourth-order valence-corrected chi connectivity index (χ4v) is 2.46. The van der Waals surface area contributed by atoms with Crippen molar-refractivity contribution < 1.29 is 17.9 Å². The van der Waals surface area contributed by atoms with Gasteiger partial charge in [-0.05, 0) is 33.0 Å². The number of rotatable bonds is 2. The number of alkyl halides is 3. The zero-order chi connectivity index (χ0) is 18.0. The summed E-state index contributed by atoms with van der Waals surface area (Å²) in [5.41, 5.74) is -1.35. The molecule has 1 fully saturated rings. The van der Waals surface area contributed by atoms with E-state index in [0.29, 0.717) is 26.3 Å². The van der Waals surface area contributed by atoms with Gasteiger partial charge in [0.05, 0.1) is 13.2 Å². The Balaban J connectivity index is 2.27. The van der Waals surface area contributed by atoms with Gasteiger partial charge in [-0.3, -0.25) is 0 Å². The first-order valence-electron chi connectivity index (χ1n) is 7.43. The number of aromatic nitrogens is 2.